The largest absolute Gasteiger partial charge is 0.383 e. The van der Waals surface area contributed by atoms with Gasteiger partial charge in [-0.15, -0.1) is 0 Å². The highest BCUT2D eigenvalue weighted by molar-refractivity contribution is 6.10. The molecule has 4 aliphatic rings. The van der Waals surface area contributed by atoms with Gasteiger partial charge in [0.25, 0.3) is 0 Å². The van der Waals surface area contributed by atoms with Gasteiger partial charge in [-0.25, -0.2) is 14.4 Å². The number of hydrogen-bond acceptors (Lipinski definition) is 6. The third kappa shape index (κ3) is 2.63. The van der Waals surface area contributed by atoms with Gasteiger partial charge in [0.05, 0.1) is 42.1 Å². The Hall–Kier alpha value is -3.26. The first kappa shape index (κ1) is 20.1. The van der Waals surface area contributed by atoms with Crippen molar-refractivity contribution in [2.24, 2.45) is 0 Å². The molecule has 8 heteroatoms. The normalized spacial score (nSPS) is 22.5. The quantitative estimate of drug-likeness (QED) is 0.621. The molecule has 174 valence electrons. The van der Waals surface area contributed by atoms with Gasteiger partial charge < -0.3 is 20.3 Å². The molecule has 1 aromatic carbocycles. The minimum atomic E-state index is -0.506. The number of ether oxygens (including phenoxy) is 1. The van der Waals surface area contributed by atoms with Crippen LogP contribution in [0.1, 0.15) is 60.4 Å². The second-order valence-corrected chi connectivity index (χ2v) is 10.1. The number of benzene rings is 1. The summed E-state index contributed by atoms with van der Waals surface area (Å²) in [6.45, 7) is 1.84. The highest BCUT2D eigenvalue weighted by Gasteiger charge is 2.59. The zero-order valence-corrected chi connectivity index (χ0v) is 19.1. The molecule has 2 N–H and O–H groups in total. The first-order chi connectivity index (χ1) is 16.5. The number of nitrogens with two attached hydrogens (primary N) is 1. The van der Waals surface area contributed by atoms with Crippen LogP contribution in [0.3, 0.4) is 0 Å². The maximum Gasteiger partial charge on any atom is 0.237 e. The van der Waals surface area contributed by atoms with Crippen molar-refractivity contribution in [2.75, 3.05) is 29.1 Å². The van der Waals surface area contributed by atoms with Crippen LogP contribution in [-0.2, 0) is 28.2 Å². The lowest BCUT2D eigenvalue weighted by molar-refractivity contribution is -0.119. The number of amides is 1. The third-order valence-electron chi connectivity index (χ3n) is 8.18. The van der Waals surface area contributed by atoms with Crippen LogP contribution in [0.4, 0.5) is 21.7 Å². The Balaban J connectivity index is 1.33. The Morgan fingerprint density at radius 2 is 2.00 bits per heavy atom. The number of nitrogens with zero attached hydrogens (tertiary/aromatic N) is 4. The summed E-state index contributed by atoms with van der Waals surface area (Å²) in [5.41, 5.74) is 10.7. The van der Waals surface area contributed by atoms with E-state index in [1.807, 2.05) is 0 Å². The second-order valence-electron chi connectivity index (χ2n) is 10.1. The van der Waals surface area contributed by atoms with Gasteiger partial charge in [-0.05, 0) is 60.9 Å². The summed E-state index contributed by atoms with van der Waals surface area (Å²) >= 11 is 0. The summed E-state index contributed by atoms with van der Waals surface area (Å²) < 4.78 is 21.0. The lowest BCUT2D eigenvalue weighted by Gasteiger charge is -2.37. The SMILES string of the molecule is CN1C(=O)C2(CC2)c2cc(C3CCCCN3c3cc4c5c(c(N)nc4cn3)COC5)cc(F)c21. The number of anilines is 3. The first-order valence-electron chi connectivity index (χ1n) is 12.0. The van der Waals surface area contributed by atoms with Gasteiger partial charge >= 0.3 is 0 Å². The molecule has 7 nitrogen and oxygen atoms in total. The first-order valence-corrected chi connectivity index (χ1v) is 12.0. The number of carbonyl (C=O) groups is 1. The molecule has 1 saturated carbocycles. The van der Waals surface area contributed by atoms with Gasteiger partial charge in [-0.2, -0.15) is 0 Å². The van der Waals surface area contributed by atoms with E-state index >= 15 is 4.39 Å². The molecule has 0 radical (unpaired) electrons. The van der Waals surface area contributed by atoms with Crippen molar-refractivity contribution in [3.05, 3.63) is 52.5 Å². The van der Waals surface area contributed by atoms with Crippen molar-refractivity contribution >= 4 is 34.1 Å². The molecule has 1 atom stereocenters. The number of hydrogen-bond donors (Lipinski definition) is 1. The van der Waals surface area contributed by atoms with Crippen LogP contribution in [-0.4, -0.2) is 29.5 Å². The van der Waals surface area contributed by atoms with Crippen LogP contribution in [0.15, 0.2) is 24.4 Å². The number of likely N-dealkylation sites (N-methyl/N-ethyl adjacent to an activating group) is 1. The maximum atomic E-state index is 15.4. The maximum absolute atomic E-state index is 15.4. The van der Waals surface area contributed by atoms with Crippen LogP contribution in [0, 0.1) is 5.82 Å². The van der Waals surface area contributed by atoms with E-state index in [0.717, 1.165) is 77.6 Å². The smallest absolute Gasteiger partial charge is 0.237 e. The molecule has 0 bridgehead atoms. The molecule has 1 unspecified atom stereocenters. The van der Waals surface area contributed by atoms with Gasteiger partial charge in [0.15, 0.2) is 0 Å². The number of halogens is 1. The Morgan fingerprint density at radius 1 is 1.18 bits per heavy atom. The van der Waals surface area contributed by atoms with Crippen molar-refractivity contribution in [2.45, 2.75) is 56.8 Å². The Labute approximate surface area is 196 Å². The molecule has 5 heterocycles. The molecule has 7 rings (SSSR count). The topological polar surface area (TPSA) is 84.6 Å². The molecule has 1 amide bonds. The van der Waals surface area contributed by atoms with Crippen LogP contribution in [0.5, 0.6) is 0 Å². The summed E-state index contributed by atoms with van der Waals surface area (Å²) in [6, 6.07) is 5.80. The molecule has 1 aliphatic carbocycles. The highest BCUT2D eigenvalue weighted by atomic mass is 19.1. The van der Waals surface area contributed by atoms with E-state index in [9.17, 15) is 4.79 Å². The van der Waals surface area contributed by atoms with E-state index in [1.165, 1.54) is 4.90 Å². The van der Waals surface area contributed by atoms with Crippen molar-refractivity contribution in [1.82, 2.24) is 9.97 Å². The van der Waals surface area contributed by atoms with Crippen molar-refractivity contribution in [3.8, 4) is 0 Å². The molecule has 34 heavy (non-hydrogen) atoms. The number of piperidine rings is 1. The Bertz CT molecular complexity index is 1390. The molecular formula is C26H26FN5O2. The molecule has 2 aromatic heterocycles. The Kier molecular flexibility index (Phi) is 4.08. The van der Waals surface area contributed by atoms with Crippen molar-refractivity contribution in [1.29, 1.82) is 0 Å². The number of fused-ring (bicyclic) bond motifs is 5. The molecule has 3 aromatic rings. The lowest BCUT2D eigenvalue weighted by atomic mass is 9.90. The number of rotatable bonds is 2. The molecule has 3 aliphatic heterocycles. The Morgan fingerprint density at radius 3 is 2.82 bits per heavy atom. The molecule has 1 saturated heterocycles. The lowest BCUT2D eigenvalue weighted by Crippen LogP contribution is -2.34. The van der Waals surface area contributed by atoms with Gasteiger partial charge in [0, 0.05) is 24.5 Å². The molecular weight excluding hydrogens is 433 g/mol. The standard InChI is InChI=1S/C26H26FN5O2/c1-31-23-18(26(5-6-26)25(31)33)8-14(9-19(23)27)21-4-2-3-7-32(21)22-10-15-16-12-34-13-17(16)24(28)30-20(15)11-29-22/h8-11,21H,2-7,12-13H2,1H3,(H2,28,30). The van der Waals surface area contributed by atoms with Crippen LogP contribution in [0.2, 0.25) is 0 Å². The number of carbonyl (C=O) groups excluding carboxylic acids is 1. The minimum absolute atomic E-state index is 0.00125. The average molecular weight is 460 g/mol. The van der Waals surface area contributed by atoms with Gasteiger partial charge in [-0.3, -0.25) is 4.79 Å². The monoisotopic (exact) mass is 459 g/mol. The summed E-state index contributed by atoms with van der Waals surface area (Å²) in [7, 11) is 1.69. The number of aromatic nitrogens is 2. The van der Waals surface area contributed by atoms with E-state index in [-0.39, 0.29) is 17.8 Å². The van der Waals surface area contributed by atoms with E-state index in [2.05, 4.69) is 22.0 Å². The summed E-state index contributed by atoms with van der Waals surface area (Å²) in [5.74, 6) is 1.08. The van der Waals surface area contributed by atoms with Crippen molar-refractivity contribution < 1.29 is 13.9 Å². The summed E-state index contributed by atoms with van der Waals surface area (Å²) in [5, 5.41) is 1.01. The fraction of sp³-hybridized carbons (Fsp3) is 0.423. The predicted octanol–water partition coefficient (Wildman–Crippen LogP) is 4.12. The summed E-state index contributed by atoms with van der Waals surface area (Å²) in [4.78, 5) is 25.9. The number of pyridine rings is 2. The minimum Gasteiger partial charge on any atom is -0.383 e. The number of nitrogen functional groups attached to an aromatic ring is 1. The zero-order chi connectivity index (χ0) is 23.2. The summed E-state index contributed by atoms with van der Waals surface area (Å²) in [6.07, 6.45) is 6.41. The fourth-order valence-electron chi connectivity index (χ4n) is 6.24. The van der Waals surface area contributed by atoms with Gasteiger partial charge in [0.1, 0.15) is 17.5 Å². The van der Waals surface area contributed by atoms with Crippen LogP contribution < -0.4 is 15.5 Å². The van der Waals surface area contributed by atoms with Gasteiger partial charge in [-0.1, -0.05) is 6.07 Å². The fourth-order valence-corrected chi connectivity index (χ4v) is 6.24. The van der Waals surface area contributed by atoms with Crippen molar-refractivity contribution in [3.63, 3.8) is 0 Å². The second kappa shape index (κ2) is 6.88. The van der Waals surface area contributed by atoms with E-state index in [4.69, 9.17) is 15.5 Å². The molecule has 2 fully saturated rings. The zero-order valence-electron chi connectivity index (χ0n) is 19.1. The average Bonchev–Trinajstić information content (AvgIpc) is 3.44. The van der Waals surface area contributed by atoms with Crippen LogP contribution in [0.25, 0.3) is 10.9 Å². The predicted molar refractivity (Wildman–Crippen MR) is 127 cm³/mol. The van der Waals surface area contributed by atoms with Gasteiger partial charge in [0.2, 0.25) is 5.91 Å². The van der Waals surface area contributed by atoms with E-state index < -0.39 is 5.41 Å². The molecule has 1 spiro atoms. The van der Waals surface area contributed by atoms with Crippen LogP contribution >= 0.6 is 0 Å². The highest BCUT2D eigenvalue weighted by Crippen LogP contribution is 2.58. The van der Waals surface area contributed by atoms with E-state index in [0.29, 0.717) is 24.7 Å². The van der Waals surface area contributed by atoms with E-state index in [1.54, 1.807) is 19.3 Å². The third-order valence-corrected chi connectivity index (χ3v) is 8.18.